The number of phenols is 1. The number of carbonyl (C=O) groups excluding carboxylic acids is 2. The molecule has 0 unspecified atom stereocenters. The maximum atomic E-state index is 12.7. The predicted octanol–water partition coefficient (Wildman–Crippen LogP) is 1.76. The van der Waals surface area contributed by atoms with Crippen LogP contribution in [0.1, 0.15) is 23.2 Å². The van der Waals surface area contributed by atoms with Gasteiger partial charge in [0.15, 0.2) is 0 Å². The number of carbonyl (C=O) groups is 2. The van der Waals surface area contributed by atoms with E-state index in [-0.39, 0.29) is 34.1 Å². The fourth-order valence-electron chi connectivity index (χ4n) is 3.29. The van der Waals surface area contributed by atoms with Crippen molar-refractivity contribution in [3.8, 4) is 5.75 Å². The van der Waals surface area contributed by atoms with E-state index in [1.54, 1.807) is 17.0 Å². The van der Waals surface area contributed by atoms with Gasteiger partial charge in [0.2, 0.25) is 5.91 Å². The summed E-state index contributed by atoms with van der Waals surface area (Å²) in [6, 6.07) is 4.61. The smallest absolute Gasteiger partial charge is 0.259 e. The lowest BCUT2D eigenvalue weighted by Crippen LogP contribution is -2.49. The third kappa shape index (κ3) is 3.49. The third-order valence-electron chi connectivity index (χ3n) is 4.59. The first-order valence-electron chi connectivity index (χ1n) is 8.21. The van der Waals surface area contributed by atoms with Crippen molar-refractivity contribution in [1.82, 2.24) is 9.80 Å². The molecule has 1 N–H and O–H groups in total. The topological polar surface area (TPSA) is 70.1 Å². The van der Waals surface area contributed by atoms with E-state index in [2.05, 4.69) is 0 Å². The molecule has 2 fully saturated rings. The van der Waals surface area contributed by atoms with Crippen LogP contribution in [0.25, 0.3) is 0 Å². The van der Waals surface area contributed by atoms with Gasteiger partial charge in [-0.2, -0.15) is 0 Å². The van der Waals surface area contributed by atoms with Crippen molar-refractivity contribution in [2.24, 2.45) is 5.92 Å². The van der Waals surface area contributed by atoms with Crippen LogP contribution < -0.4 is 0 Å². The van der Waals surface area contributed by atoms with Crippen LogP contribution in [0.15, 0.2) is 18.2 Å². The third-order valence-corrected chi connectivity index (χ3v) is 4.90. The predicted molar refractivity (Wildman–Crippen MR) is 89.1 cm³/mol. The molecule has 2 amide bonds. The summed E-state index contributed by atoms with van der Waals surface area (Å²) in [5.41, 5.74) is 0.110. The number of likely N-dealkylation sites (tertiary alicyclic amines) is 1. The van der Waals surface area contributed by atoms with Crippen molar-refractivity contribution in [2.45, 2.75) is 12.8 Å². The van der Waals surface area contributed by atoms with Crippen molar-refractivity contribution in [3.05, 3.63) is 28.8 Å². The minimum atomic E-state index is -0.322. The van der Waals surface area contributed by atoms with Gasteiger partial charge in [0.25, 0.3) is 5.91 Å². The Balaban J connectivity index is 1.71. The van der Waals surface area contributed by atoms with E-state index in [0.717, 1.165) is 12.8 Å². The number of aromatic hydroxyl groups is 1. The molecule has 0 spiro atoms. The fourth-order valence-corrected chi connectivity index (χ4v) is 3.54. The van der Waals surface area contributed by atoms with Gasteiger partial charge in [-0.05, 0) is 25.0 Å². The number of amides is 2. The molecule has 6 nitrogen and oxygen atoms in total. The summed E-state index contributed by atoms with van der Waals surface area (Å²) in [6.45, 7) is 3.27. The Bertz CT molecular complexity index is 611. The normalized spacial score (nSPS) is 21.6. The van der Waals surface area contributed by atoms with Gasteiger partial charge in [-0.3, -0.25) is 9.59 Å². The molecule has 2 aliphatic heterocycles. The summed E-state index contributed by atoms with van der Waals surface area (Å²) in [6.07, 6.45) is 1.53. The first-order chi connectivity index (χ1) is 11.6. The summed E-state index contributed by atoms with van der Waals surface area (Å²) in [4.78, 5) is 28.8. The number of hydrogen-bond acceptors (Lipinski definition) is 4. The molecule has 3 rings (SSSR count). The molecule has 0 bridgehead atoms. The Morgan fingerprint density at radius 3 is 2.62 bits per heavy atom. The van der Waals surface area contributed by atoms with Gasteiger partial charge in [0.1, 0.15) is 5.75 Å². The number of phenolic OH excluding ortho intramolecular Hbond substituents is 1. The van der Waals surface area contributed by atoms with E-state index in [4.69, 9.17) is 16.3 Å². The van der Waals surface area contributed by atoms with Crippen molar-refractivity contribution in [1.29, 1.82) is 0 Å². The maximum absolute atomic E-state index is 12.7. The molecule has 2 saturated heterocycles. The standard InChI is InChI=1S/C17H21ClN2O4/c18-13-4-1-5-14(21)15(13)17(23)20-6-2-3-12(11-20)16(22)19-7-9-24-10-8-19/h1,4-5,12,21H,2-3,6-11H2/t12-/m0/s1. The van der Waals surface area contributed by atoms with Gasteiger partial charge >= 0.3 is 0 Å². The van der Waals surface area contributed by atoms with Gasteiger partial charge in [-0.15, -0.1) is 0 Å². The monoisotopic (exact) mass is 352 g/mol. The van der Waals surface area contributed by atoms with Crippen molar-refractivity contribution >= 4 is 23.4 Å². The molecular formula is C17H21ClN2O4. The van der Waals surface area contributed by atoms with E-state index < -0.39 is 0 Å². The molecule has 130 valence electrons. The number of rotatable bonds is 2. The Hall–Kier alpha value is -1.79. The quantitative estimate of drug-likeness (QED) is 0.880. The van der Waals surface area contributed by atoms with Crippen LogP contribution in [0, 0.1) is 5.92 Å². The summed E-state index contributed by atoms with van der Waals surface area (Å²) in [7, 11) is 0. The zero-order valence-corrected chi connectivity index (χ0v) is 14.2. The Morgan fingerprint density at radius 1 is 1.17 bits per heavy atom. The second-order valence-corrected chi connectivity index (χ2v) is 6.57. The van der Waals surface area contributed by atoms with Crippen LogP contribution in [-0.2, 0) is 9.53 Å². The van der Waals surface area contributed by atoms with Crippen LogP contribution in [0.5, 0.6) is 5.75 Å². The number of hydrogen-bond donors (Lipinski definition) is 1. The highest BCUT2D eigenvalue weighted by atomic mass is 35.5. The molecule has 7 heteroatoms. The Morgan fingerprint density at radius 2 is 1.92 bits per heavy atom. The Labute approximate surface area is 145 Å². The minimum Gasteiger partial charge on any atom is -0.507 e. The molecule has 0 aliphatic carbocycles. The molecule has 24 heavy (non-hydrogen) atoms. The first kappa shape index (κ1) is 17.0. The minimum absolute atomic E-state index is 0.0826. The number of morpholine rings is 1. The highest BCUT2D eigenvalue weighted by molar-refractivity contribution is 6.34. The number of ether oxygens (including phenoxy) is 1. The molecule has 2 heterocycles. The van der Waals surface area contributed by atoms with Crippen LogP contribution in [0.3, 0.4) is 0 Å². The average molecular weight is 353 g/mol. The molecule has 2 aliphatic rings. The average Bonchev–Trinajstić information content (AvgIpc) is 2.61. The number of halogens is 1. The van der Waals surface area contributed by atoms with Crippen LogP contribution >= 0.6 is 11.6 Å². The molecule has 0 aromatic heterocycles. The van der Waals surface area contributed by atoms with Crippen molar-refractivity contribution in [2.75, 3.05) is 39.4 Å². The highest BCUT2D eigenvalue weighted by Gasteiger charge is 2.33. The lowest BCUT2D eigenvalue weighted by molar-refractivity contribution is -0.141. The molecule has 0 radical (unpaired) electrons. The lowest BCUT2D eigenvalue weighted by atomic mass is 9.95. The molecule has 1 atom stereocenters. The summed E-state index contributed by atoms with van der Waals surface area (Å²) in [5, 5.41) is 10.2. The number of benzene rings is 1. The van der Waals surface area contributed by atoms with E-state index in [1.807, 2.05) is 4.90 Å². The first-order valence-corrected chi connectivity index (χ1v) is 8.59. The van der Waals surface area contributed by atoms with Crippen molar-refractivity contribution < 1.29 is 19.4 Å². The highest BCUT2D eigenvalue weighted by Crippen LogP contribution is 2.29. The van der Waals surface area contributed by atoms with E-state index in [1.165, 1.54) is 6.07 Å². The second-order valence-electron chi connectivity index (χ2n) is 6.16. The Kier molecular flexibility index (Phi) is 5.26. The zero-order chi connectivity index (χ0) is 17.1. The van der Waals surface area contributed by atoms with Crippen molar-refractivity contribution in [3.63, 3.8) is 0 Å². The SMILES string of the molecule is O=C(c1c(O)cccc1Cl)N1CCC[C@H](C(=O)N2CCOCC2)C1. The molecule has 0 saturated carbocycles. The maximum Gasteiger partial charge on any atom is 0.259 e. The molecule has 1 aromatic carbocycles. The van der Waals surface area contributed by atoms with Gasteiger partial charge in [-0.1, -0.05) is 17.7 Å². The summed E-state index contributed by atoms with van der Waals surface area (Å²) >= 11 is 6.07. The molecule has 1 aromatic rings. The van der Waals surface area contributed by atoms with Crippen LogP contribution in [-0.4, -0.2) is 66.1 Å². The van der Waals surface area contributed by atoms with Gasteiger partial charge in [-0.25, -0.2) is 0 Å². The van der Waals surface area contributed by atoms with E-state index >= 15 is 0 Å². The van der Waals surface area contributed by atoms with Gasteiger partial charge in [0.05, 0.1) is 29.7 Å². The second kappa shape index (κ2) is 7.40. The van der Waals surface area contributed by atoms with E-state index in [0.29, 0.717) is 39.4 Å². The van der Waals surface area contributed by atoms with Crippen LogP contribution in [0.4, 0.5) is 0 Å². The van der Waals surface area contributed by atoms with Crippen LogP contribution in [0.2, 0.25) is 5.02 Å². The number of piperidine rings is 1. The zero-order valence-electron chi connectivity index (χ0n) is 13.4. The lowest BCUT2D eigenvalue weighted by Gasteiger charge is -2.36. The largest absolute Gasteiger partial charge is 0.507 e. The number of nitrogens with zero attached hydrogens (tertiary/aromatic N) is 2. The van der Waals surface area contributed by atoms with E-state index in [9.17, 15) is 14.7 Å². The summed E-state index contributed by atoms with van der Waals surface area (Å²) in [5.74, 6) is -0.573. The van der Waals surface area contributed by atoms with Gasteiger partial charge in [0, 0.05) is 26.2 Å². The molecular weight excluding hydrogens is 332 g/mol. The van der Waals surface area contributed by atoms with Gasteiger partial charge < -0.3 is 19.6 Å². The summed E-state index contributed by atoms with van der Waals surface area (Å²) < 4.78 is 5.28. The fraction of sp³-hybridized carbons (Fsp3) is 0.529.